The van der Waals surface area contributed by atoms with Gasteiger partial charge in [-0.25, -0.2) is 4.98 Å². The van der Waals surface area contributed by atoms with Crippen molar-refractivity contribution in [1.29, 1.82) is 5.26 Å². The Morgan fingerprint density at radius 3 is 2.65 bits per heavy atom. The van der Waals surface area contributed by atoms with Crippen LogP contribution in [0, 0.1) is 17.2 Å². The Hall–Kier alpha value is -2.38. The van der Waals surface area contributed by atoms with E-state index in [1.807, 2.05) is 18.2 Å². The minimum Gasteiger partial charge on any atom is -0.370 e. The van der Waals surface area contributed by atoms with Gasteiger partial charge in [0.25, 0.3) is 0 Å². The van der Waals surface area contributed by atoms with E-state index in [0.29, 0.717) is 30.5 Å². The zero-order valence-electron chi connectivity index (χ0n) is 16.1. The molecule has 0 atom stereocenters. The van der Waals surface area contributed by atoms with Crippen molar-refractivity contribution in [2.45, 2.75) is 59.3 Å². The number of ether oxygens (including phenoxy) is 1. The van der Waals surface area contributed by atoms with E-state index < -0.39 is 0 Å². The van der Waals surface area contributed by atoms with Gasteiger partial charge in [0.15, 0.2) is 0 Å². The van der Waals surface area contributed by atoms with Crippen LogP contribution in [0.5, 0.6) is 0 Å². The molecule has 3 rings (SSSR count). The molecule has 2 aromatic rings. The van der Waals surface area contributed by atoms with Crippen LogP contribution < -0.4 is 5.32 Å². The van der Waals surface area contributed by atoms with Crippen molar-refractivity contribution in [2.75, 3.05) is 5.32 Å². The predicted molar refractivity (Wildman–Crippen MR) is 104 cm³/mol. The lowest BCUT2D eigenvalue weighted by atomic mass is 9.88. The van der Waals surface area contributed by atoms with Crippen LogP contribution in [0.15, 0.2) is 30.3 Å². The van der Waals surface area contributed by atoms with E-state index in [1.165, 1.54) is 5.56 Å². The Morgan fingerprint density at radius 2 is 2.00 bits per heavy atom. The fourth-order valence-electron chi connectivity index (χ4n) is 3.43. The third-order valence-electron chi connectivity index (χ3n) is 4.73. The van der Waals surface area contributed by atoms with Crippen LogP contribution in [0.2, 0.25) is 0 Å². The van der Waals surface area contributed by atoms with Gasteiger partial charge < -0.3 is 10.1 Å². The standard InChI is InChI=1S/C22H27N3O/c1-15(2)10-17-18(12-23)21(24-13-16-8-6-5-7-9-16)25-20-11-22(3,4)26-14-19(17)20/h5-9,15H,10-11,13-14H2,1-4H3,(H,24,25). The summed E-state index contributed by atoms with van der Waals surface area (Å²) in [5, 5.41) is 13.2. The lowest BCUT2D eigenvalue weighted by Gasteiger charge is -2.33. The summed E-state index contributed by atoms with van der Waals surface area (Å²) in [5.74, 6) is 1.16. The molecule has 0 amide bonds. The first-order valence-electron chi connectivity index (χ1n) is 9.26. The quantitative estimate of drug-likeness (QED) is 0.856. The number of pyridine rings is 1. The maximum absolute atomic E-state index is 9.84. The molecule has 1 N–H and O–H groups in total. The van der Waals surface area contributed by atoms with E-state index in [-0.39, 0.29) is 5.60 Å². The van der Waals surface area contributed by atoms with Crippen molar-refractivity contribution >= 4 is 5.82 Å². The molecule has 0 saturated carbocycles. The Kier molecular flexibility index (Phi) is 5.29. The summed E-state index contributed by atoms with van der Waals surface area (Å²) in [6.45, 7) is 9.73. The van der Waals surface area contributed by atoms with Crippen molar-refractivity contribution in [3.63, 3.8) is 0 Å². The monoisotopic (exact) mass is 349 g/mol. The first-order chi connectivity index (χ1) is 12.4. The topological polar surface area (TPSA) is 57.9 Å². The summed E-state index contributed by atoms with van der Waals surface area (Å²) in [7, 11) is 0. The van der Waals surface area contributed by atoms with Gasteiger partial charge in [0.2, 0.25) is 0 Å². The lowest BCUT2D eigenvalue weighted by Crippen LogP contribution is -2.33. The van der Waals surface area contributed by atoms with Gasteiger partial charge >= 0.3 is 0 Å². The number of anilines is 1. The van der Waals surface area contributed by atoms with E-state index in [1.54, 1.807) is 0 Å². The molecule has 0 spiro atoms. The average Bonchev–Trinajstić information content (AvgIpc) is 2.59. The van der Waals surface area contributed by atoms with Crippen LogP contribution in [-0.2, 0) is 30.7 Å². The van der Waals surface area contributed by atoms with Crippen LogP contribution >= 0.6 is 0 Å². The molecule has 4 nitrogen and oxygen atoms in total. The van der Waals surface area contributed by atoms with Crippen molar-refractivity contribution < 1.29 is 4.74 Å². The Balaban J connectivity index is 2.01. The van der Waals surface area contributed by atoms with Crippen LogP contribution in [0.1, 0.15) is 55.6 Å². The maximum atomic E-state index is 9.84. The number of hydrogen-bond donors (Lipinski definition) is 1. The number of nitrogens with zero attached hydrogens (tertiary/aromatic N) is 2. The van der Waals surface area contributed by atoms with Crippen LogP contribution in [0.3, 0.4) is 0 Å². The van der Waals surface area contributed by atoms with Gasteiger partial charge in [-0.1, -0.05) is 44.2 Å². The molecule has 1 aliphatic heterocycles. The Bertz CT molecular complexity index is 820. The van der Waals surface area contributed by atoms with Crippen molar-refractivity contribution in [2.24, 2.45) is 5.92 Å². The van der Waals surface area contributed by atoms with Crippen LogP contribution in [-0.4, -0.2) is 10.6 Å². The molecule has 0 fully saturated rings. The van der Waals surface area contributed by atoms with E-state index in [4.69, 9.17) is 9.72 Å². The minimum atomic E-state index is -0.222. The molecular formula is C22H27N3O. The van der Waals surface area contributed by atoms with Crippen molar-refractivity contribution in [1.82, 2.24) is 4.98 Å². The number of benzene rings is 1. The molecule has 1 aromatic carbocycles. The van der Waals surface area contributed by atoms with Gasteiger partial charge in [0, 0.05) is 18.5 Å². The molecule has 4 heteroatoms. The molecule has 26 heavy (non-hydrogen) atoms. The largest absolute Gasteiger partial charge is 0.370 e. The van der Waals surface area contributed by atoms with Gasteiger partial charge in [-0.2, -0.15) is 5.26 Å². The summed E-state index contributed by atoms with van der Waals surface area (Å²) in [5.41, 5.74) is 4.88. The summed E-state index contributed by atoms with van der Waals surface area (Å²) >= 11 is 0. The van der Waals surface area contributed by atoms with E-state index in [9.17, 15) is 5.26 Å². The molecule has 0 radical (unpaired) electrons. The molecule has 0 aliphatic carbocycles. The van der Waals surface area contributed by atoms with Gasteiger partial charge in [0.05, 0.1) is 23.5 Å². The zero-order valence-corrected chi connectivity index (χ0v) is 16.1. The second kappa shape index (κ2) is 7.47. The van der Waals surface area contributed by atoms with Gasteiger partial charge in [-0.15, -0.1) is 0 Å². The third-order valence-corrected chi connectivity index (χ3v) is 4.73. The van der Waals surface area contributed by atoms with Crippen molar-refractivity contribution in [3.8, 4) is 6.07 Å². The second-order valence-electron chi connectivity index (χ2n) is 8.01. The van der Waals surface area contributed by atoms with Crippen molar-refractivity contribution in [3.05, 3.63) is 58.3 Å². The van der Waals surface area contributed by atoms with Gasteiger partial charge in [-0.05, 0) is 37.3 Å². The molecule has 1 aromatic heterocycles. The average molecular weight is 349 g/mol. The highest BCUT2D eigenvalue weighted by Crippen LogP contribution is 2.34. The highest BCUT2D eigenvalue weighted by molar-refractivity contribution is 5.60. The first-order valence-corrected chi connectivity index (χ1v) is 9.26. The maximum Gasteiger partial charge on any atom is 0.144 e. The summed E-state index contributed by atoms with van der Waals surface area (Å²) in [6, 6.07) is 12.6. The highest BCUT2D eigenvalue weighted by Gasteiger charge is 2.31. The van der Waals surface area contributed by atoms with Crippen LogP contribution in [0.25, 0.3) is 0 Å². The first kappa shape index (κ1) is 18.4. The highest BCUT2D eigenvalue weighted by atomic mass is 16.5. The predicted octanol–water partition coefficient (Wildman–Crippen LogP) is 4.62. The minimum absolute atomic E-state index is 0.222. The summed E-state index contributed by atoms with van der Waals surface area (Å²) < 4.78 is 6.01. The van der Waals surface area contributed by atoms with E-state index in [2.05, 4.69) is 51.2 Å². The third kappa shape index (κ3) is 4.05. The van der Waals surface area contributed by atoms with Gasteiger partial charge in [-0.3, -0.25) is 0 Å². The van der Waals surface area contributed by atoms with Crippen LogP contribution in [0.4, 0.5) is 5.82 Å². The zero-order chi connectivity index (χ0) is 18.7. The smallest absolute Gasteiger partial charge is 0.144 e. The molecule has 1 aliphatic rings. The number of fused-ring (bicyclic) bond motifs is 1. The molecule has 0 unspecified atom stereocenters. The number of aromatic nitrogens is 1. The Morgan fingerprint density at radius 1 is 1.27 bits per heavy atom. The summed E-state index contributed by atoms with van der Waals surface area (Å²) in [6.07, 6.45) is 1.62. The SMILES string of the molecule is CC(C)Cc1c(C#N)c(NCc2ccccc2)nc2c1COC(C)(C)C2. The van der Waals surface area contributed by atoms with E-state index in [0.717, 1.165) is 29.7 Å². The molecule has 0 saturated heterocycles. The second-order valence-corrected chi connectivity index (χ2v) is 8.01. The molecule has 0 bridgehead atoms. The number of nitriles is 1. The number of nitrogens with one attached hydrogen (secondary N) is 1. The lowest BCUT2D eigenvalue weighted by molar-refractivity contribution is -0.0416. The Labute approximate surface area is 156 Å². The molecule has 2 heterocycles. The van der Waals surface area contributed by atoms with Gasteiger partial charge in [0.1, 0.15) is 11.9 Å². The van der Waals surface area contributed by atoms with E-state index >= 15 is 0 Å². The summed E-state index contributed by atoms with van der Waals surface area (Å²) in [4.78, 5) is 4.85. The number of rotatable bonds is 5. The molecular weight excluding hydrogens is 322 g/mol. The number of hydrogen-bond acceptors (Lipinski definition) is 4. The normalized spacial score (nSPS) is 15.4. The molecule has 136 valence electrons. The fourth-order valence-corrected chi connectivity index (χ4v) is 3.43. The fraction of sp³-hybridized carbons (Fsp3) is 0.455.